The third-order valence-corrected chi connectivity index (χ3v) is 8.45. The molecule has 4 aromatic rings. The van der Waals surface area contributed by atoms with Gasteiger partial charge in [-0.1, -0.05) is 53.2 Å². The lowest BCUT2D eigenvalue weighted by Crippen LogP contribution is -2.43. The van der Waals surface area contributed by atoms with Crippen molar-refractivity contribution in [1.82, 2.24) is 14.8 Å². The Hall–Kier alpha value is -2.63. The molecule has 0 spiro atoms. The van der Waals surface area contributed by atoms with Crippen LogP contribution in [0.4, 0.5) is 8.78 Å². The number of fused-ring (bicyclic) bond motifs is 1. The summed E-state index contributed by atoms with van der Waals surface area (Å²) in [6.07, 6.45) is 6.14. The molecule has 6 nitrogen and oxygen atoms in total. The summed E-state index contributed by atoms with van der Waals surface area (Å²) < 4.78 is 42.7. The molecule has 0 amide bonds. The van der Waals surface area contributed by atoms with Gasteiger partial charge in [-0.05, 0) is 46.7 Å². The Morgan fingerprint density at radius 2 is 1.89 bits per heavy atom. The summed E-state index contributed by atoms with van der Waals surface area (Å²) in [7, 11) is 0. The van der Waals surface area contributed by atoms with Crippen molar-refractivity contribution in [2.75, 3.05) is 13.2 Å². The summed E-state index contributed by atoms with van der Waals surface area (Å²) in [4.78, 5) is 3.91. The van der Waals surface area contributed by atoms with Crippen LogP contribution in [0.3, 0.4) is 0 Å². The Morgan fingerprint density at radius 3 is 2.63 bits per heavy atom. The fourth-order valence-corrected chi connectivity index (χ4v) is 6.15. The Balaban J connectivity index is 1.23. The molecule has 5 rings (SSSR count). The molecule has 2 unspecified atom stereocenters. The predicted molar refractivity (Wildman–Crippen MR) is 147 cm³/mol. The van der Waals surface area contributed by atoms with E-state index in [1.54, 1.807) is 6.92 Å². The van der Waals surface area contributed by atoms with Gasteiger partial charge < -0.3 is 14.6 Å². The third kappa shape index (κ3) is 6.16. The zero-order valence-electron chi connectivity index (χ0n) is 20.5. The number of thioether (sulfide) groups is 1. The zero-order valence-corrected chi connectivity index (χ0v) is 22.9. The standard InChI is InChI=1S/C28H26BrF2N3O3S/c1-18(28(35,15-34-17-32-16-33-34)25-8-7-23(30)12-26(25)31)38-24-13-36-27(37-14-24)9-3-19-2-4-21-11-22(29)6-5-20(21)10-19/h2-12,16-18,24,27,35H,13-15H2,1H3. The maximum Gasteiger partial charge on any atom is 0.177 e. The van der Waals surface area contributed by atoms with E-state index in [-0.39, 0.29) is 17.4 Å². The molecule has 1 saturated heterocycles. The van der Waals surface area contributed by atoms with E-state index in [4.69, 9.17) is 9.47 Å². The molecule has 198 valence electrons. The highest BCUT2D eigenvalue weighted by molar-refractivity contribution is 9.10. The molecule has 1 aliphatic rings. The molecule has 1 N–H and O–H groups in total. The van der Waals surface area contributed by atoms with Crippen molar-refractivity contribution in [1.29, 1.82) is 0 Å². The molecular weight excluding hydrogens is 576 g/mol. The van der Waals surface area contributed by atoms with Crippen LogP contribution in [0.15, 0.2) is 77.8 Å². The minimum atomic E-state index is -1.68. The van der Waals surface area contributed by atoms with Crippen LogP contribution in [0.1, 0.15) is 18.1 Å². The summed E-state index contributed by atoms with van der Waals surface area (Å²) in [6.45, 7) is 2.53. The van der Waals surface area contributed by atoms with Gasteiger partial charge in [-0.2, -0.15) is 5.10 Å². The molecule has 0 saturated carbocycles. The van der Waals surface area contributed by atoms with Crippen molar-refractivity contribution in [2.45, 2.75) is 35.9 Å². The van der Waals surface area contributed by atoms with E-state index in [9.17, 15) is 13.9 Å². The molecule has 38 heavy (non-hydrogen) atoms. The Bertz CT molecular complexity index is 1430. The van der Waals surface area contributed by atoms with E-state index in [2.05, 4.69) is 50.3 Å². The molecule has 2 atom stereocenters. The van der Waals surface area contributed by atoms with E-state index in [1.807, 2.05) is 24.3 Å². The average Bonchev–Trinajstić information content (AvgIpc) is 3.41. The van der Waals surface area contributed by atoms with Crippen molar-refractivity contribution >= 4 is 44.5 Å². The average molecular weight is 603 g/mol. The third-order valence-electron chi connectivity index (χ3n) is 6.50. The minimum absolute atomic E-state index is 0.00408. The second-order valence-electron chi connectivity index (χ2n) is 9.19. The molecule has 1 fully saturated rings. The van der Waals surface area contributed by atoms with Gasteiger partial charge in [-0.3, -0.25) is 0 Å². The predicted octanol–water partition coefficient (Wildman–Crippen LogP) is 5.94. The van der Waals surface area contributed by atoms with Gasteiger partial charge in [-0.15, -0.1) is 11.8 Å². The molecule has 0 bridgehead atoms. The summed E-state index contributed by atoms with van der Waals surface area (Å²) in [5, 5.41) is 17.5. The first-order chi connectivity index (χ1) is 18.3. The van der Waals surface area contributed by atoms with Crippen molar-refractivity contribution < 1.29 is 23.4 Å². The van der Waals surface area contributed by atoms with Crippen molar-refractivity contribution in [3.63, 3.8) is 0 Å². The molecule has 2 heterocycles. The molecule has 0 radical (unpaired) electrons. The van der Waals surface area contributed by atoms with Gasteiger partial charge in [0.2, 0.25) is 0 Å². The fourth-order valence-electron chi connectivity index (χ4n) is 4.45. The number of aliphatic hydroxyl groups is 1. The van der Waals surface area contributed by atoms with Crippen molar-refractivity contribution in [3.8, 4) is 0 Å². The maximum atomic E-state index is 14.8. The number of aromatic nitrogens is 3. The largest absolute Gasteiger partial charge is 0.382 e. The van der Waals surface area contributed by atoms with Crippen LogP contribution in [-0.2, 0) is 21.6 Å². The first kappa shape index (κ1) is 27.0. The summed E-state index contributed by atoms with van der Waals surface area (Å²) >= 11 is 4.92. The lowest BCUT2D eigenvalue weighted by molar-refractivity contribution is -0.146. The van der Waals surface area contributed by atoms with E-state index in [0.29, 0.717) is 13.2 Å². The van der Waals surface area contributed by atoms with Crippen LogP contribution in [0.25, 0.3) is 16.8 Å². The number of nitrogens with zero attached hydrogens (tertiary/aromatic N) is 3. The quantitative estimate of drug-likeness (QED) is 0.270. The number of ether oxygens (including phenoxy) is 2. The maximum absolute atomic E-state index is 14.8. The second kappa shape index (κ2) is 11.6. The Labute approximate surface area is 231 Å². The Kier molecular flexibility index (Phi) is 8.25. The lowest BCUT2D eigenvalue weighted by atomic mass is 9.90. The summed E-state index contributed by atoms with van der Waals surface area (Å²) in [5.74, 6) is -1.53. The van der Waals surface area contributed by atoms with Crippen LogP contribution in [0.2, 0.25) is 0 Å². The number of halogens is 3. The van der Waals surface area contributed by atoms with Gasteiger partial charge in [-0.25, -0.2) is 18.4 Å². The van der Waals surface area contributed by atoms with Crippen LogP contribution >= 0.6 is 27.7 Å². The molecular formula is C28H26BrF2N3O3S. The Morgan fingerprint density at radius 1 is 1.13 bits per heavy atom. The van der Waals surface area contributed by atoms with Crippen LogP contribution in [0.5, 0.6) is 0 Å². The van der Waals surface area contributed by atoms with Crippen molar-refractivity contribution in [3.05, 3.63) is 101 Å². The summed E-state index contributed by atoms with van der Waals surface area (Å²) in [6, 6.07) is 15.6. The first-order valence-corrected chi connectivity index (χ1v) is 13.8. The minimum Gasteiger partial charge on any atom is -0.382 e. The van der Waals surface area contributed by atoms with Crippen LogP contribution < -0.4 is 0 Å². The highest BCUT2D eigenvalue weighted by Crippen LogP contribution is 2.38. The molecule has 1 aromatic heterocycles. The lowest BCUT2D eigenvalue weighted by Gasteiger charge is -2.37. The van der Waals surface area contributed by atoms with Crippen molar-refractivity contribution in [2.24, 2.45) is 0 Å². The fraction of sp³-hybridized carbons (Fsp3) is 0.286. The second-order valence-corrected chi connectivity index (χ2v) is 11.7. The van der Waals surface area contributed by atoms with E-state index in [1.165, 1.54) is 35.2 Å². The molecule has 10 heteroatoms. The number of hydrogen-bond acceptors (Lipinski definition) is 6. The van der Waals surface area contributed by atoms with E-state index in [0.717, 1.165) is 32.9 Å². The van der Waals surface area contributed by atoms with Gasteiger partial charge in [0.25, 0.3) is 0 Å². The number of benzene rings is 3. The SMILES string of the molecule is CC(SC1COC(C=Cc2ccc3cc(Br)ccc3c2)OC1)C(O)(Cn1cncn1)c1ccc(F)cc1F. The van der Waals surface area contributed by atoms with Gasteiger partial charge in [0.05, 0.1) is 25.0 Å². The smallest absolute Gasteiger partial charge is 0.177 e. The normalized spacial score (nSPS) is 20.6. The molecule has 0 aliphatic carbocycles. The monoisotopic (exact) mass is 601 g/mol. The van der Waals surface area contributed by atoms with Gasteiger partial charge in [0.1, 0.15) is 29.9 Å². The summed E-state index contributed by atoms with van der Waals surface area (Å²) in [5.41, 5.74) is -0.647. The van der Waals surface area contributed by atoms with Gasteiger partial charge in [0, 0.05) is 21.4 Å². The number of rotatable bonds is 8. The van der Waals surface area contributed by atoms with Crippen LogP contribution in [0, 0.1) is 11.6 Å². The topological polar surface area (TPSA) is 69.4 Å². The van der Waals surface area contributed by atoms with Gasteiger partial charge in [0.15, 0.2) is 6.29 Å². The highest BCUT2D eigenvalue weighted by Gasteiger charge is 2.41. The van der Waals surface area contributed by atoms with E-state index < -0.39 is 28.8 Å². The van der Waals surface area contributed by atoms with Crippen LogP contribution in [-0.4, -0.2) is 49.9 Å². The number of hydrogen-bond donors (Lipinski definition) is 1. The molecule has 3 aromatic carbocycles. The first-order valence-electron chi connectivity index (χ1n) is 12.1. The van der Waals surface area contributed by atoms with Gasteiger partial charge >= 0.3 is 0 Å². The highest BCUT2D eigenvalue weighted by atomic mass is 79.9. The van der Waals surface area contributed by atoms with E-state index >= 15 is 0 Å². The zero-order chi connectivity index (χ0) is 26.7. The molecule has 1 aliphatic heterocycles.